The lowest BCUT2D eigenvalue weighted by Gasteiger charge is -2.30. The third-order valence-corrected chi connectivity index (χ3v) is 7.20. The summed E-state index contributed by atoms with van der Waals surface area (Å²) >= 11 is 0. The molecule has 0 atom stereocenters. The van der Waals surface area contributed by atoms with Gasteiger partial charge in [0.05, 0.1) is 17.4 Å². The fourth-order valence-corrected chi connectivity index (χ4v) is 5.00. The molecule has 0 aliphatic carbocycles. The molecule has 3 heterocycles. The minimum Gasteiger partial charge on any atom is -0.494 e. The first-order chi connectivity index (χ1) is 16.0. The highest BCUT2D eigenvalue weighted by Gasteiger charge is 2.33. The number of pyridine rings is 1. The van der Waals surface area contributed by atoms with Crippen molar-refractivity contribution in [3.63, 3.8) is 0 Å². The average molecular weight is 473 g/mol. The number of piperidine rings is 1. The molecule has 1 aromatic carbocycles. The second-order valence-electron chi connectivity index (χ2n) is 7.44. The quantitative estimate of drug-likeness (QED) is 0.455. The largest absolute Gasteiger partial charge is 0.494 e. The van der Waals surface area contributed by atoms with Gasteiger partial charge in [-0.25, -0.2) is 8.42 Å². The highest BCUT2D eigenvalue weighted by atomic mass is 32.2. The summed E-state index contributed by atoms with van der Waals surface area (Å²) in [5, 5.41) is 3.86. The number of benzene rings is 1. The van der Waals surface area contributed by atoms with E-state index in [0.29, 0.717) is 36.6 Å². The highest BCUT2D eigenvalue weighted by molar-refractivity contribution is 7.89. The summed E-state index contributed by atoms with van der Waals surface area (Å²) in [7, 11) is -3.63. The lowest BCUT2D eigenvalue weighted by molar-refractivity contribution is -0.152. The number of rotatable bonds is 8. The number of sulfonamides is 1. The average Bonchev–Trinajstić information content (AvgIpc) is 3.33. The number of carbonyl (C=O) groups excluding carboxylic acids is 1. The van der Waals surface area contributed by atoms with Crippen molar-refractivity contribution in [2.24, 2.45) is 5.92 Å². The normalized spacial score (nSPS) is 15.3. The molecule has 3 aromatic rings. The molecule has 1 fully saturated rings. The van der Waals surface area contributed by atoms with Gasteiger partial charge in [0.1, 0.15) is 5.75 Å². The van der Waals surface area contributed by atoms with Crippen molar-refractivity contribution < 1.29 is 27.2 Å². The van der Waals surface area contributed by atoms with E-state index in [9.17, 15) is 13.2 Å². The van der Waals surface area contributed by atoms with Gasteiger partial charge in [-0.15, -0.1) is 0 Å². The number of carbonyl (C=O) groups is 1. The van der Waals surface area contributed by atoms with Crippen LogP contribution in [-0.2, 0) is 26.2 Å². The molecule has 1 aliphatic rings. The lowest BCUT2D eigenvalue weighted by atomic mass is 9.98. The van der Waals surface area contributed by atoms with Gasteiger partial charge < -0.3 is 14.0 Å². The molecule has 0 amide bonds. The molecule has 0 bridgehead atoms. The maximum absolute atomic E-state index is 12.9. The van der Waals surface area contributed by atoms with Crippen molar-refractivity contribution in [2.75, 3.05) is 19.7 Å². The van der Waals surface area contributed by atoms with Crippen LogP contribution in [0.2, 0.25) is 0 Å². The maximum Gasteiger partial charge on any atom is 0.309 e. The van der Waals surface area contributed by atoms with Gasteiger partial charge in [0.25, 0.3) is 5.89 Å². The third kappa shape index (κ3) is 5.37. The number of nitrogens with zero attached hydrogens (tertiary/aromatic N) is 4. The van der Waals surface area contributed by atoms with E-state index in [1.807, 2.05) is 6.92 Å². The van der Waals surface area contributed by atoms with E-state index in [4.69, 9.17) is 14.0 Å². The first kappa shape index (κ1) is 22.9. The van der Waals surface area contributed by atoms with Crippen molar-refractivity contribution >= 4 is 16.0 Å². The monoisotopic (exact) mass is 472 g/mol. The maximum atomic E-state index is 12.9. The number of aromatic nitrogens is 3. The van der Waals surface area contributed by atoms with E-state index in [2.05, 4.69) is 15.1 Å². The van der Waals surface area contributed by atoms with Gasteiger partial charge in [-0.3, -0.25) is 9.78 Å². The van der Waals surface area contributed by atoms with Crippen LogP contribution in [0.3, 0.4) is 0 Å². The topological polar surface area (TPSA) is 125 Å². The summed E-state index contributed by atoms with van der Waals surface area (Å²) in [4.78, 5) is 20.9. The molecule has 0 saturated carbocycles. The zero-order valence-corrected chi connectivity index (χ0v) is 18.9. The zero-order valence-electron chi connectivity index (χ0n) is 18.1. The summed E-state index contributed by atoms with van der Waals surface area (Å²) in [5.41, 5.74) is 0.694. The van der Waals surface area contributed by atoms with E-state index in [1.165, 1.54) is 16.4 Å². The molecule has 4 rings (SSSR count). The second kappa shape index (κ2) is 10.1. The van der Waals surface area contributed by atoms with Crippen LogP contribution in [-0.4, -0.2) is 53.5 Å². The third-order valence-electron chi connectivity index (χ3n) is 5.29. The highest BCUT2D eigenvalue weighted by Crippen LogP contribution is 2.26. The van der Waals surface area contributed by atoms with Crippen molar-refractivity contribution in [1.82, 2.24) is 19.4 Å². The molecule has 2 aromatic heterocycles. The van der Waals surface area contributed by atoms with E-state index in [0.717, 1.165) is 0 Å². The van der Waals surface area contributed by atoms with Gasteiger partial charge in [0.2, 0.25) is 15.8 Å². The Kier molecular flexibility index (Phi) is 6.99. The predicted octanol–water partition coefficient (Wildman–Crippen LogP) is 2.67. The Labute approximate surface area is 191 Å². The van der Waals surface area contributed by atoms with Crippen LogP contribution in [0.25, 0.3) is 11.4 Å². The van der Waals surface area contributed by atoms with Crippen molar-refractivity contribution in [3.05, 3.63) is 54.7 Å². The summed E-state index contributed by atoms with van der Waals surface area (Å²) < 4.78 is 43.0. The Morgan fingerprint density at radius 2 is 1.94 bits per heavy atom. The van der Waals surface area contributed by atoms with Crippen LogP contribution in [0.15, 0.2) is 58.2 Å². The van der Waals surface area contributed by atoms with Crippen LogP contribution in [0, 0.1) is 5.92 Å². The van der Waals surface area contributed by atoms with Crippen molar-refractivity contribution in [2.45, 2.75) is 31.3 Å². The molecule has 0 unspecified atom stereocenters. The standard InChI is InChI=1S/C22H24N4O6S/c1-2-30-18-5-7-19(8-6-18)33(28,29)26-12-9-16(10-13-26)22(27)31-15-20-24-21(25-32-20)17-4-3-11-23-14-17/h3-8,11,14,16H,2,9-10,12-13,15H2,1H3. The molecule has 0 spiro atoms. The Balaban J connectivity index is 1.28. The lowest BCUT2D eigenvalue weighted by Crippen LogP contribution is -2.40. The molecule has 0 radical (unpaired) electrons. The van der Waals surface area contributed by atoms with E-state index in [-0.39, 0.29) is 30.5 Å². The summed E-state index contributed by atoms with van der Waals surface area (Å²) in [5.74, 6) is 0.359. The fraction of sp³-hybridized carbons (Fsp3) is 0.364. The Bertz CT molecular complexity index is 1170. The molecule has 11 heteroatoms. The first-order valence-corrected chi connectivity index (χ1v) is 12.0. The van der Waals surface area contributed by atoms with Crippen molar-refractivity contribution in [1.29, 1.82) is 0 Å². The molecule has 1 aliphatic heterocycles. The molecular formula is C22H24N4O6S. The molecule has 33 heavy (non-hydrogen) atoms. The molecular weight excluding hydrogens is 448 g/mol. The Morgan fingerprint density at radius 3 is 2.61 bits per heavy atom. The van der Waals surface area contributed by atoms with Gasteiger partial charge in [-0.05, 0) is 56.2 Å². The van der Waals surface area contributed by atoms with Crippen LogP contribution in [0.1, 0.15) is 25.7 Å². The molecule has 10 nitrogen and oxygen atoms in total. The summed E-state index contributed by atoms with van der Waals surface area (Å²) in [6.45, 7) is 2.70. The summed E-state index contributed by atoms with van der Waals surface area (Å²) in [6.07, 6.45) is 4.00. The predicted molar refractivity (Wildman–Crippen MR) is 116 cm³/mol. The van der Waals surface area contributed by atoms with Gasteiger partial charge in [-0.2, -0.15) is 9.29 Å². The number of esters is 1. The smallest absolute Gasteiger partial charge is 0.309 e. The number of hydrogen-bond donors (Lipinski definition) is 0. The van der Waals surface area contributed by atoms with Crippen LogP contribution in [0.5, 0.6) is 5.75 Å². The minimum atomic E-state index is -3.63. The van der Waals surface area contributed by atoms with E-state index < -0.39 is 21.9 Å². The van der Waals surface area contributed by atoms with Crippen LogP contribution in [0.4, 0.5) is 0 Å². The number of ether oxygens (including phenoxy) is 2. The zero-order chi connectivity index (χ0) is 23.3. The van der Waals surface area contributed by atoms with Gasteiger partial charge in [0.15, 0.2) is 6.61 Å². The molecule has 1 saturated heterocycles. The van der Waals surface area contributed by atoms with Crippen LogP contribution < -0.4 is 4.74 Å². The van der Waals surface area contributed by atoms with Gasteiger partial charge in [0, 0.05) is 31.0 Å². The summed E-state index contributed by atoms with van der Waals surface area (Å²) in [6, 6.07) is 9.89. The van der Waals surface area contributed by atoms with Crippen molar-refractivity contribution in [3.8, 4) is 17.1 Å². The van der Waals surface area contributed by atoms with Crippen LogP contribution >= 0.6 is 0 Å². The molecule has 174 valence electrons. The fourth-order valence-electron chi connectivity index (χ4n) is 3.53. The SMILES string of the molecule is CCOc1ccc(S(=O)(=O)N2CCC(C(=O)OCc3nc(-c4cccnc4)no3)CC2)cc1. The number of hydrogen-bond acceptors (Lipinski definition) is 9. The van der Waals surface area contributed by atoms with Gasteiger partial charge in [-0.1, -0.05) is 5.16 Å². The second-order valence-corrected chi connectivity index (χ2v) is 9.38. The Morgan fingerprint density at radius 1 is 1.18 bits per heavy atom. The first-order valence-electron chi connectivity index (χ1n) is 10.6. The molecule has 0 N–H and O–H groups in total. The van der Waals surface area contributed by atoms with E-state index in [1.54, 1.807) is 36.7 Å². The van der Waals surface area contributed by atoms with Gasteiger partial charge >= 0.3 is 5.97 Å². The minimum absolute atomic E-state index is 0.142. The van der Waals surface area contributed by atoms with E-state index >= 15 is 0 Å². The Hall–Kier alpha value is -3.31.